The van der Waals surface area contributed by atoms with Gasteiger partial charge in [0.05, 0.1) is 19.4 Å². The molecular formula is C19H25N3O3. The number of aliphatic hydroxyl groups excluding tert-OH is 1. The smallest absolute Gasteiger partial charge is 0.247 e. The standard InChI is InChI=1S/C19H25N3O3/c1-2-12-25-14-17(23)13-21-10-8-19(9-11-21)18(24)20-15-22(19)16-6-4-3-5-7-16/h1,3-7,17,23H,8-15H2,(H,20,24). The van der Waals surface area contributed by atoms with Gasteiger partial charge in [-0.2, -0.15) is 0 Å². The van der Waals surface area contributed by atoms with Crippen molar-refractivity contribution in [3.05, 3.63) is 30.3 Å². The highest BCUT2D eigenvalue weighted by Gasteiger charge is 2.50. The number of anilines is 1. The summed E-state index contributed by atoms with van der Waals surface area (Å²) >= 11 is 0. The van der Waals surface area contributed by atoms with Crippen molar-refractivity contribution >= 4 is 11.6 Å². The molecule has 6 nitrogen and oxygen atoms in total. The summed E-state index contributed by atoms with van der Waals surface area (Å²) in [6.07, 6.45) is 6.05. The molecule has 2 saturated heterocycles. The minimum atomic E-state index is -0.565. The number of β-amino-alcohol motifs (C(OH)–C–C–N with tert-alkyl or cyclic N) is 1. The zero-order valence-electron chi connectivity index (χ0n) is 14.4. The second kappa shape index (κ2) is 7.87. The Hall–Kier alpha value is -2.07. The Labute approximate surface area is 148 Å². The lowest BCUT2D eigenvalue weighted by molar-refractivity contribution is -0.125. The maximum atomic E-state index is 12.6. The Bertz CT molecular complexity index is 621. The molecule has 0 radical (unpaired) electrons. The minimum absolute atomic E-state index is 0.105. The van der Waals surface area contributed by atoms with Crippen LogP contribution in [0.25, 0.3) is 0 Å². The predicted octanol–water partition coefficient (Wildman–Crippen LogP) is 0.426. The number of benzene rings is 1. The van der Waals surface area contributed by atoms with E-state index in [1.165, 1.54) is 0 Å². The molecule has 25 heavy (non-hydrogen) atoms. The number of amides is 1. The Morgan fingerprint density at radius 1 is 1.32 bits per heavy atom. The summed E-state index contributed by atoms with van der Waals surface area (Å²) in [5.74, 6) is 2.49. The van der Waals surface area contributed by atoms with Gasteiger partial charge in [0.1, 0.15) is 12.1 Å². The molecule has 2 heterocycles. The van der Waals surface area contributed by atoms with Gasteiger partial charge < -0.3 is 25.0 Å². The number of hydrogen-bond acceptors (Lipinski definition) is 5. The number of carbonyl (C=O) groups is 1. The van der Waals surface area contributed by atoms with Crippen LogP contribution in [0.5, 0.6) is 0 Å². The van der Waals surface area contributed by atoms with Crippen LogP contribution in [0.1, 0.15) is 12.8 Å². The summed E-state index contributed by atoms with van der Waals surface area (Å²) in [4.78, 5) is 16.9. The van der Waals surface area contributed by atoms with Gasteiger partial charge >= 0.3 is 0 Å². The number of hydrogen-bond donors (Lipinski definition) is 2. The van der Waals surface area contributed by atoms with E-state index in [0.29, 0.717) is 13.2 Å². The highest BCUT2D eigenvalue weighted by molar-refractivity contribution is 5.93. The molecule has 0 bridgehead atoms. The van der Waals surface area contributed by atoms with Gasteiger partial charge in [-0.25, -0.2) is 0 Å². The largest absolute Gasteiger partial charge is 0.389 e. The van der Waals surface area contributed by atoms with E-state index in [0.717, 1.165) is 31.6 Å². The molecule has 6 heteroatoms. The van der Waals surface area contributed by atoms with Gasteiger partial charge in [-0.15, -0.1) is 6.42 Å². The van der Waals surface area contributed by atoms with Crippen molar-refractivity contribution in [2.45, 2.75) is 24.5 Å². The summed E-state index contributed by atoms with van der Waals surface area (Å²) in [6, 6.07) is 10.1. The molecule has 2 N–H and O–H groups in total. The summed E-state index contributed by atoms with van der Waals surface area (Å²) in [5, 5.41) is 13.0. The van der Waals surface area contributed by atoms with Crippen molar-refractivity contribution in [2.24, 2.45) is 0 Å². The molecule has 2 aliphatic heterocycles. The van der Waals surface area contributed by atoms with Gasteiger partial charge in [0.25, 0.3) is 0 Å². The van der Waals surface area contributed by atoms with Gasteiger partial charge in [-0.3, -0.25) is 4.79 Å². The van der Waals surface area contributed by atoms with E-state index in [2.05, 4.69) is 21.0 Å². The molecule has 1 aromatic carbocycles. The van der Waals surface area contributed by atoms with Crippen LogP contribution in [0.4, 0.5) is 5.69 Å². The zero-order valence-corrected chi connectivity index (χ0v) is 14.4. The van der Waals surface area contributed by atoms with Crippen LogP contribution >= 0.6 is 0 Å². The molecule has 1 spiro atoms. The normalized spacial score (nSPS) is 21.1. The van der Waals surface area contributed by atoms with Crippen LogP contribution < -0.4 is 10.2 Å². The van der Waals surface area contributed by atoms with Crippen LogP contribution in [0.2, 0.25) is 0 Å². The number of para-hydroxylation sites is 1. The molecule has 3 rings (SSSR count). The Balaban J connectivity index is 1.59. The number of ether oxygens (including phenoxy) is 1. The van der Waals surface area contributed by atoms with E-state index in [1.807, 2.05) is 30.3 Å². The maximum Gasteiger partial charge on any atom is 0.247 e. The quantitative estimate of drug-likeness (QED) is 0.579. The molecule has 2 fully saturated rings. The van der Waals surface area contributed by atoms with Crippen LogP contribution in [0, 0.1) is 12.3 Å². The fourth-order valence-electron chi connectivity index (χ4n) is 3.74. The zero-order chi connectivity index (χ0) is 17.7. The molecule has 0 aromatic heterocycles. The van der Waals surface area contributed by atoms with Crippen molar-refractivity contribution in [3.63, 3.8) is 0 Å². The summed E-state index contributed by atoms with van der Waals surface area (Å²) in [7, 11) is 0. The summed E-state index contributed by atoms with van der Waals surface area (Å²) in [5.41, 5.74) is 0.583. The topological polar surface area (TPSA) is 65.0 Å². The molecule has 2 aliphatic rings. The van der Waals surface area contributed by atoms with E-state index >= 15 is 0 Å². The Morgan fingerprint density at radius 3 is 2.72 bits per heavy atom. The van der Waals surface area contributed by atoms with Crippen molar-refractivity contribution in [3.8, 4) is 12.3 Å². The van der Waals surface area contributed by atoms with Crippen LogP contribution in [-0.4, -0.2) is 67.1 Å². The van der Waals surface area contributed by atoms with Gasteiger partial charge in [0, 0.05) is 25.3 Å². The number of nitrogens with one attached hydrogen (secondary N) is 1. The molecule has 0 aliphatic carbocycles. The number of terminal acetylenes is 1. The second-order valence-corrected chi connectivity index (χ2v) is 6.63. The van der Waals surface area contributed by atoms with Gasteiger partial charge in [0.2, 0.25) is 5.91 Å². The number of carbonyl (C=O) groups excluding carboxylic acids is 1. The first-order chi connectivity index (χ1) is 12.2. The monoisotopic (exact) mass is 343 g/mol. The third kappa shape index (κ3) is 3.79. The fourth-order valence-corrected chi connectivity index (χ4v) is 3.74. The summed E-state index contributed by atoms with van der Waals surface area (Å²) in [6.45, 7) is 3.07. The van der Waals surface area contributed by atoms with Crippen LogP contribution in [0.15, 0.2) is 30.3 Å². The molecular weight excluding hydrogens is 318 g/mol. The van der Waals surface area contributed by atoms with Gasteiger partial charge in [0.15, 0.2) is 0 Å². The molecule has 1 aromatic rings. The van der Waals surface area contributed by atoms with Crippen molar-refractivity contribution in [1.82, 2.24) is 10.2 Å². The third-order valence-corrected chi connectivity index (χ3v) is 5.05. The first kappa shape index (κ1) is 17.7. The van der Waals surface area contributed by atoms with E-state index < -0.39 is 11.6 Å². The lowest BCUT2D eigenvalue weighted by Crippen LogP contribution is -2.57. The predicted molar refractivity (Wildman–Crippen MR) is 96.0 cm³/mol. The third-order valence-electron chi connectivity index (χ3n) is 5.05. The lowest BCUT2D eigenvalue weighted by Gasteiger charge is -2.43. The first-order valence-electron chi connectivity index (χ1n) is 8.68. The minimum Gasteiger partial charge on any atom is -0.389 e. The number of aliphatic hydroxyl groups is 1. The van der Waals surface area contributed by atoms with Gasteiger partial charge in [-0.05, 0) is 25.0 Å². The van der Waals surface area contributed by atoms with E-state index in [1.54, 1.807) is 0 Å². The highest BCUT2D eigenvalue weighted by Crippen LogP contribution is 2.36. The number of likely N-dealkylation sites (tertiary alicyclic amines) is 1. The molecule has 134 valence electrons. The Kier molecular flexibility index (Phi) is 5.59. The number of rotatable bonds is 6. The second-order valence-electron chi connectivity index (χ2n) is 6.63. The van der Waals surface area contributed by atoms with Crippen LogP contribution in [-0.2, 0) is 9.53 Å². The van der Waals surface area contributed by atoms with E-state index in [9.17, 15) is 9.90 Å². The van der Waals surface area contributed by atoms with E-state index in [-0.39, 0.29) is 19.1 Å². The SMILES string of the molecule is C#CCOCC(O)CN1CCC2(CC1)C(=O)NCN2c1ccccc1. The molecule has 1 amide bonds. The fraction of sp³-hybridized carbons (Fsp3) is 0.526. The molecule has 0 saturated carbocycles. The maximum absolute atomic E-state index is 12.6. The van der Waals surface area contributed by atoms with E-state index in [4.69, 9.17) is 11.2 Å². The van der Waals surface area contributed by atoms with Crippen molar-refractivity contribution in [1.29, 1.82) is 0 Å². The van der Waals surface area contributed by atoms with Crippen LogP contribution in [0.3, 0.4) is 0 Å². The van der Waals surface area contributed by atoms with Crippen molar-refractivity contribution in [2.75, 3.05) is 44.4 Å². The Morgan fingerprint density at radius 2 is 2.04 bits per heavy atom. The number of nitrogens with zero attached hydrogens (tertiary/aromatic N) is 2. The lowest BCUT2D eigenvalue weighted by atomic mass is 9.85. The van der Waals surface area contributed by atoms with Crippen molar-refractivity contribution < 1.29 is 14.6 Å². The number of piperidine rings is 1. The average Bonchev–Trinajstić information content (AvgIpc) is 2.94. The highest BCUT2D eigenvalue weighted by atomic mass is 16.5. The molecule has 1 atom stereocenters. The molecule has 1 unspecified atom stereocenters. The first-order valence-corrected chi connectivity index (χ1v) is 8.68. The summed E-state index contributed by atoms with van der Waals surface area (Å²) < 4.78 is 5.19. The van der Waals surface area contributed by atoms with Gasteiger partial charge in [-0.1, -0.05) is 24.1 Å². The average molecular weight is 343 g/mol.